The first kappa shape index (κ1) is 14.3. The quantitative estimate of drug-likeness (QED) is 0.799. The average Bonchev–Trinajstić information content (AvgIpc) is 3.15. The second kappa shape index (κ2) is 5.42. The molecule has 0 fully saturated rings. The van der Waals surface area contributed by atoms with Crippen molar-refractivity contribution < 1.29 is 4.79 Å². The Morgan fingerprint density at radius 3 is 3.05 bits per heavy atom. The molecule has 2 aliphatic rings. The largest absolute Gasteiger partial charge is 0.293 e. The summed E-state index contributed by atoms with van der Waals surface area (Å²) in [4.78, 5) is 16.6. The van der Waals surface area contributed by atoms with Crippen LogP contribution >= 0.6 is 23.1 Å². The highest BCUT2D eigenvalue weighted by molar-refractivity contribution is 8.00. The zero-order valence-electron chi connectivity index (χ0n) is 12.7. The van der Waals surface area contributed by atoms with Crippen LogP contribution in [0.5, 0.6) is 0 Å². The molecule has 6 heteroatoms. The number of amides is 1. The molecule has 3 atom stereocenters. The Labute approximate surface area is 138 Å². The summed E-state index contributed by atoms with van der Waals surface area (Å²) in [6, 6.07) is 4.66. The summed E-state index contributed by atoms with van der Waals surface area (Å²) >= 11 is 3.56. The molecule has 0 radical (unpaired) electrons. The normalized spacial score (nSPS) is 27.4. The first-order valence-electron chi connectivity index (χ1n) is 7.71. The van der Waals surface area contributed by atoms with Crippen LogP contribution in [0.1, 0.15) is 42.0 Å². The van der Waals surface area contributed by atoms with Gasteiger partial charge < -0.3 is 0 Å². The lowest BCUT2D eigenvalue weighted by Crippen LogP contribution is -2.46. The van der Waals surface area contributed by atoms with Crippen LogP contribution in [0.4, 0.5) is 5.82 Å². The van der Waals surface area contributed by atoms with Crippen LogP contribution in [-0.2, 0) is 11.2 Å². The molecule has 4 nitrogen and oxygen atoms in total. The lowest BCUT2D eigenvalue weighted by molar-refractivity contribution is -0.119. The Morgan fingerprint density at radius 2 is 2.18 bits per heavy atom. The Hall–Kier alpha value is -1.27. The fourth-order valence-corrected chi connectivity index (χ4v) is 5.91. The van der Waals surface area contributed by atoms with Crippen molar-refractivity contribution >= 4 is 34.8 Å². The van der Waals surface area contributed by atoms with Crippen LogP contribution in [0.3, 0.4) is 0 Å². The number of carbonyl (C=O) groups excluding carboxylic acids is 1. The molecule has 4 rings (SSSR count). The first-order chi connectivity index (χ1) is 10.7. The SMILES string of the molecule is C[C@@H]1C[C@H](C)n2nccc2N1C(=O)[C@H]1SCCc2sccc21. The molecular weight excluding hydrogens is 314 g/mol. The van der Waals surface area contributed by atoms with Crippen molar-refractivity contribution in [3.05, 3.63) is 34.2 Å². The van der Waals surface area contributed by atoms with Gasteiger partial charge in [-0.05, 0) is 49.5 Å². The summed E-state index contributed by atoms with van der Waals surface area (Å²) in [7, 11) is 0. The van der Waals surface area contributed by atoms with E-state index in [2.05, 4.69) is 30.4 Å². The Kier molecular flexibility index (Phi) is 3.53. The third kappa shape index (κ3) is 2.12. The number of fused-ring (bicyclic) bond motifs is 2. The topological polar surface area (TPSA) is 38.1 Å². The molecule has 0 aliphatic carbocycles. The monoisotopic (exact) mass is 333 g/mol. The van der Waals surface area contributed by atoms with Crippen molar-refractivity contribution in [2.75, 3.05) is 10.7 Å². The van der Waals surface area contributed by atoms with E-state index in [1.54, 1.807) is 29.3 Å². The molecule has 0 spiro atoms. The molecule has 0 unspecified atom stereocenters. The number of carbonyl (C=O) groups is 1. The van der Waals surface area contributed by atoms with Crippen molar-refractivity contribution in [2.24, 2.45) is 0 Å². The van der Waals surface area contributed by atoms with Crippen molar-refractivity contribution in [1.29, 1.82) is 0 Å². The van der Waals surface area contributed by atoms with Gasteiger partial charge in [0.1, 0.15) is 11.1 Å². The van der Waals surface area contributed by atoms with Crippen LogP contribution < -0.4 is 4.90 Å². The predicted octanol–water partition coefficient (Wildman–Crippen LogP) is 3.66. The second-order valence-corrected chi connectivity index (χ2v) is 8.29. The van der Waals surface area contributed by atoms with E-state index in [9.17, 15) is 4.79 Å². The maximum absolute atomic E-state index is 13.3. The average molecular weight is 333 g/mol. The molecule has 0 saturated heterocycles. The summed E-state index contributed by atoms with van der Waals surface area (Å²) in [5.74, 6) is 2.19. The van der Waals surface area contributed by atoms with Crippen molar-refractivity contribution in [3.8, 4) is 0 Å². The summed E-state index contributed by atoms with van der Waals surface area (Å²) in [6.07, 6.45) is 3.84. The molecule has 4 heterocycles. The van der Waals surface area contributed by atoms with Gasteiger partial charge in [-0.2, -0.15) is 5.10 Å². The van der Waals surface area contributed by atoms with Crippen molar-refractivity contribution in [3.63, 3.8) is 0 Å². The fourth-order valence-electron chi connectivity index (χ4n) is 3.57. The number of aryl methyl sites for hydroxylation is 1. The Morgan fingerprint density at radius 1 is 1.32 bits per heavy atom. The number of anilines is 1. The summed E-state index contributed by atoms with van der Waals surface area (Å²) in [5, 5.41) is 6.46. The molecule has 116 valence electrons. The highest BCUT2D eigenvalue weighted by atomic mass is 32.2. The van der Waals surface area contributed by atoms with Gasteiger partial charge in [0.15, 0.2) is 0 Å². The van der Waals surface area contributed by atoms with Gasteiger partial charge in [0.25, 0.3) is 0 Å². The number of thioether (sulfide) groups is 1. The van der Waals surface area contributed by atoms with Gasteiger partial charge in [-0.15, -0.1) is 23.1 Å². The number of hydrogen-bond donors (Lipinski definition) is 0. The molecule has 0 N–H and O–H groups in total. The second-order valence-electron chi connectivity index (χ2n) is 6.08. The van der Waals surface area contributed by atoms with Gasteiger partial charge in [-0.25, -0.2) is 4.68 Å². The molecule has 0 saturated carbocycles. The van der Waals surface area contributed by atoms with E-state index in [4.69, 9.17) is 0 Å². The van der Waals surface area contributed by atoms with E-state index in [0.717, 1.165) is 24.4 Å². The number of thiophene rings is 1. The molecular formula is C16H19N3OS2. The van der Waals surface area contributed by atoms with Gasteiger partial charge in [0.2, 0.25) is 5.91 Å². The minimum absolute atomic E-state index is 0.0609. The van der Waals surface area contributed by atoms with E-state index in [0.29, 0.717) is 6.04 Å². The molecule has 2 aliphatic heterocycles. The van der Waals surface area contributed by atoms with Crippen LogP contribution in [-0.4, -0.2) is 27.5 Å². The van der Waals surface area contributed by atoms with Gasteiger partial charge in [0.05, 0.1) is 12.2 Å². The highest BCUT2D eigenvalue weighted by Gasteiger charge is 2.38. The van der Waals surface area contributed by atoms with Gasteiger partial charge >= 0.3 is 0 Å². The Bertz CT molecular complexity index is 708. The third-order valence-corrected chi connectivity index (χ3v) is 6.80. The fraction of sp³-hybridized carbons (Fsp3) is 0.500. The van der Waals surface area contributed by atoms with E-state index in [1.807, 2.05) is 15.6 Å². The van der Waals surface area contributed by atoms with Crippen molar-refractivity contribution in [1.82, 2.24) is 9.78 Å². The van der Waals surface area contributed by atoms with E-state index in [-0.39, 0.29) is 17.2 Å². The number of rotatable bonds is 1. The van der Waals surface area contributed by atoms with Crippen LogP contribution in [0.15, 0.2) is 23.7 Å². The first-order valence-corrected chi connectivity index (χ1v) is 9.64. The maximum Gasteiger partial charge on any atom is 0.246 e. The van der Waals surface area contributed by atoms with Gasteiger partial charge in [-0.1, -0.05) is 0 Å². The number of hydrogen-bond acceptors (Lipinski definition) is 4. The maximum atomic E-state index is 13.3. The van der Waals surface area contributed by atoms with E-state index < -0.39 is 0 Å². The molecule has 22 heavy (non-hydrogen) atoms. The third-order valence-electron chi connectivity index (χ3n) is 4.57. The number of aromatic nitrogens is 2. The van der Waals surface area contributed by atoms with Crippen LogP contribution in [0.2, 0.25) is 0 Å². The molecule has 0 aromatic carbocycles. The molecule has 1 amide bonds. The summed E-state index contributed by atoms with van der Waals surface area (Å²) in [5.41, 5.74) is 1.23. The summed E-state index contributed by atoms with van der Waals surface area (Å²) < 4.78 is 1.99. The number of nitrogens with zero attached hydrogens (tertiary/aromatic N) is 3. The zero-order valence-corrected chi connectivity index (χ0v) is 14.4. The van der Waals surface area contributed by atoms with Gasteiger partial charge in [-0.3, -0.25) is 9.69 Å². The summed E-state index contributed by atoms with van der Waals surface area (Å²) in [6.45, 7) is 4.31. The smallest absolute Gasteiger partial charge is 0.246 e. The molecule has 2 aromatic rings. The van der Waals surface area contributed by atoms with E-state index in [1.165, 1.54) is 10.4 Å². The highest BCUT2D eigenvalue weighted by Crippen LogP contribution is 2.43. The van der Waals surface area contributed by atoms with Crippen LogP contribution in [0.25, 0.3) is 0 Å². The van der Waals surface area contributed by atoms with Gasteiger partial charge in [0, 0.05) is 17.0 Å². The lowest BCUT2D eigenvalue weighted by atomic mass is 10.0. The molecule has 0 bridgehead atoms. The molecule has 2 aromatic heterocycles. The lowest BCUT2D eigenvalue weighted by Gasteiger charge is -2.39. The standard InChI is InChI=1S/C16H19N3OS2/c1-10-9-11(2)19-14(3-6-17-19)18(10)16(20)15-12-4-7-21-13(12)5-8-22-15/h3-4,6-7,10-11,15H,5,8-9H2,1-2H3/t10-,11+,15+/m1/s1. The predicted molar refractivity (Wildman–Crippen MR) is 91.7 cm³/mol. The zero-order chi connectivity index (χ0) is 15.3. The minimum Gasteiger partial charge on any atom is -0.293 e. The van der Waals surface area contributed by atoms with Crippen molar-refractivity contribution in [2.45, 2.75) is 44.0 Å². The van der Waals surface area contributed by atoms with Crippen LogP contribution in [0, 0.1) is 0 Å². The van der Waals surface area contributed by atoms with E-state index >= 15 is 0 Å². The Balaban J connectivity index is 1.71. The minimum atomic E-state index is -0.0609.